The first-order chi connectivity index (χ1) is 6.31. The zero-order chi connectivity index (χ0) is 9.94. The Bertz CT molecular complexity index is 157. The van der Waals surface area contributed by atoms with E-state index in [1.165, 1.54) is 6.08 Å². The molecule has 0 aliphatic heterocycles. The molecule has 0 aliphatic carbocycles. The lowest BCUT2D eigenvalue weighted by molar-refractivity contribution is -0.137. The van der Waals surface area contributed by atoms with Crippen LogP contribution in [0.1, 0.15) is 13.3 Å². The molecule has 3 nitrogen and oxygen atoms in total. The number of carbonyl (C=O) groups excluding carboxylic acids is 1. The Kier molecular flexibility index (Phi) is 9.25. The largest absolute Gasteiger partial charge is 0.463 e. The summed E-state index contributed by atoms with van der Waals surface area (Å²) >= 11 is 1.68. The number of aliphatic hydroxyl groups excluding tert-OH is 1. The second-order valence-electron chi connectivity index (χ2n) is 2.31. The first kappa shape index (κ1) is 12.5. The van der Waals surface area contributed by atoms with Crippen LogP contribution in [0, 0.1) is 0 Å². The van der Waals surface area contributed by atoms with Gasteiger partial charge in [-0.05, 0) is 19.1 Å². The van der Waals surface area contributed by atoms with Gasteiger partial charge in [0.25, 0.3) is 0 Å². The maximum atomic E-state index is 10.8. The van der Waals surface area contributed by atoms with Crippen LogP contribution in [-0.4, -0.2) is 35.8 Å². The van der Waals surface area contributed by atoms with E-state index < -0.39 is 0 Å². The molecule has 1 N–H and O–H groups in total. The highest BCUT2D eigenvalue weighted by Gasteiger charge is 1.91. The van der Waals surface area contributed by atoms with Gasteiger partial charge in [-0.2, -0.15) is 11.8 Å². The second-order valence-corrected chi connectivity index (χ2v) is 3.46. The van der Waals surface area contributed by atoms with Gasteiger partial charge in [-0.1, -0.05) is 6.08 Å². The van der Waals surface area contributed by atoms with E-state index in [0.717, 1.165) is 17.9 Å². The van der Waals surface area contributed by atoms with E-state index in [9.17, 15) is 4.79 Å². The average Bonchev–Trinajstić information content (AvgIpc) is 2.11. The summed E-state index contributed by atoms with van der Waals surface area (Å²) in [5.41, 5.74) is 0. The first-order valence-corrected chi connectivity index (χ1v) is 5.48. The van der Waals surface area contributed by atoms with E-state index in [-0.39, 0.29) is 12.6 Å². The Balaban J connectivity index is 3.25. The van der Waals surface area contributed by atoms with E-state index in [1.807, 2.05) is 0 Å². The maximum Gasteiger partial charge on any atom is 0.330 e. The van der Waals surface area contributed by atoms with Gasteiger partial charge in [0.15, 0.2) is 0 Å². The van der Waals surface area contributed by atoms with Gasteiger partial charge < -0.3 is 9.84 Å². The lowest BCUT2D eigenvalue weighted by atomic mass is 10.5. The fraction of sp³-hybridized carbons (Fsp3) is 0.667. The number of carbonyl (C=O) groups is 1. The molecule has 13 heavy (non-hydrogen) atoms. The topological polar surface area (TPSA) is 46.5 Å². The van der Waals surface area contributed by atoms with Crippen LogP contribution in [0.15, 0.2) is 12.2 Å². The molecule has 0 fully saturated rings. The molecule has 0 bridgehead atoms. The number of hydrogen-bond donors (Lipinski definition) is 1. The van der Waals surface area contributed by atoms with Crippen LogP contribution in [0.5, 0.6) is 0 Å². The molecular formula is C9H16O3S. The van der Waals surface area contributed by atoms with E-state index in [0.29, 0.717) is 6.61 Å². The fourth-order valence-corrected chi connectivity index (χ4v) is 1.38. The quantitative estimate of drug-likeness (QED) is 0.385. The highest BCUT2D eigenvalue weighted by molar-refractivity contribution is 7.99. The first-order valence-electron chi connectivity index (χ1n) is 4.33. The minimum absolute atomic E-state index is 0.231. The third-order valence-corrected chi connectivity index (χ3v) is 2.21. The normalized spacial score (nSPS) is 10.6. The van der Waals surface area contributed by atoms with Crippen LogP contribution >= 0.6 is 11.8 Å². The molecule has 0 heterocycles. The molecule has 0 saturated carbocycles. The van der Waals surface area contributed by atoms with Crippen molar-refractivity contribution in [3.8, 4) is 0 Å². The van der Waals surface area contributed by atoms with E-state index in [1.54, 1.807) is 24.8 Å². The summed E-state index contributed by atoms with van der Waals surface area (Å²) in [7, 11) is 0. The number of aliphatic hydroxyl groups is 1. The minimum Gasteiger partial charge on any atom is -0.463 e. The van der Waals surface area contributed by atoms with Gasteiger partial charge in [-0.25, -0.2) is 4.79 Å². The Labute approximate surface area is 83.2 Å². The Morgan fingerprint density at radius 2 is 2.38 bits per heavy atom. The summed E-state index contributed by atoms with van der Waals surface area (Å²) in [6.45, 7) is 2.43. The zero-order valence-electron chi connectivity index (χ0n) is 7.86. The van der Waals surface area contributed by atoms with Crippen LogP contribution in [-0.2, 0) is 9.53 Å². The maximum absolute atomic E-state index is 10.8. The molecule has 0 spiro atoms. The van der Waals surface area contributed by atoms with Crippen LogP contribution in [0.25, 0.3) is 0 Å². The molecule has 0 saturated heterocycles. The minimum atomic E-state index is -0.287. The van der Waals surface area contributed by atoms with Crippen molar-refractivity contribution in [3.05, 3.63) is 12.2 Å². The van der Waals surface area contributed by atoms with Crippen molar-refractivity contribution in [3.63, 3.8) is 0 Å². The molecule has 0 aromatic rings. The van der Waals surface area contributed by atoms with Crippen molar-refractivity contribution < 1.29 is 14.6 Å². The van der Waals surface area contributed by atoms with Crippen molar-refractivity contribution in [1.29, 1.82) is 0 Å². The summed E-state index contributed by atoms with van der Waals surface area (Å²) in [5, 5.41) is 8.48. The predicted octanol–water partition coefficient (Wildman–Crippen LogP) is 1.22. The number of esters is 1. The van der Waals surface area contributed by atoms with E-state index >= 15 is 0 Å². The van der Waals surface area contributed by atoms with Gasteiger partial charge in [0.1, 0.15) is 0 Å². The zero-order valence-corrected chi connectivity index (χ0v) is 8.68. The summed E-state index contributed by atoms with van der Waals surface area (Å²) in [6.07, 6.45) is 4.02. The number of ether oxygens (including phenoxy) is 1. The Morgan fingerprint density at radius 1 is 1.62 bits per heavy atom. The third kappa shape index (κ3) is 9.43. The van der Waals surface area contributed by atoms with Gasteiger partial charge in [-0.3, -0.25) is 0 Å². The molecule has 0 radical (unpaired) electrons. The third-order valence-electron chi connectivity index (χ3n) is 1.20. The lowest BCUT2D eigenvalue weighted by Crippen LogP contribution is -1.99. The smallest absolute Gasteiger partial charge is 0.330 e. The van der Waals surface area contributed by atoms with Crippen molar-refractivity contribution >= 4 is 17.7 Å². The van der Waals surface area contributed by atoms with Crippen LogP contribution in [0.2, 0.25) is 0 Å². The molecule has 0 amide bonds. The van der Waals surface area contributed by atoms with Gasteiger partial charge in [-0.15, -0.1) is 0 Å². The van der Waals surface area contributed by atoms with Crippen molar-refractivity contribution in [2.24, 2.45) is 0 Å². The molecule has 76 valence electrons. The molecule has 4 heteroatoms. The van der Waals surface area contributed by atoms with Gasteiger partial charge >= 0.3 is 5.97 Å². The SMILES string of the molecule is CCOC(=O)/C=C/CSCCCO. The predicted molar refractivity (Wildman–Crippen MR) is 54.8 cm³/mol. The summed E-state index contributed by atoms with van der Waals surface area (Å²) < 4.78 is 4.69. The Hall–Kier alpha value is -0.480. The summed E-state index contributed by atoms with van der Waals surface area (Å²) in [5.74, 6) is 1.42. The molecule has 0 unspecified atom stereocenters. The fourth-order valence-electron chi connectivity index (χ4n) is 0.653. The van der Waals surface area contributed by atoms with Gasteiger partial charge in [0.05, 0.1) is 6.61 Å². The Morgan fingerprint density at radius 3 is 3.00 bits per heavy atom. The molecule has 0 rings (SSSR count). The lowest BCUT2D eigenvalue weighted by Gasteiger charge is -1.95. The van der Waals surface area contributed by atoms with Crippen LogP contribution in [0.4, 0.5) is 0 Å². The molecule has 0 atom stereocenters. The standard InChI is InChI=1S/C9H16O3S/c1-2-12-9(11)5-3-7-13-8-4-6-10/h3,5,10H,2,4,6-8H2,1H3/b5-3+. The van der Waals surface area contributed by atoms with E-state index in [2.05, 4.69) is 0 Å². The molecule has 0 aliphatic rings. The van der Waals surface area contributed by atoms with E-state index in [4.69, 9.17) is 9.84 Å². The summed E-state index contributed by atoms with van der Waals surface area (Å²) in [4.78, 5) is 10.8. The monoisotopic (exact) mass is 204 g/mol. The molecule has 0 aromatic heterocycles. The average molecular weight is 204 g/mol. The number of hydrogen-bond acceptors (Lipinski definition) is 4. The van der Waals surface area contributed by atoms with Crippen LogP contribution < -0.4 is 0 Å². The van der Waals surface area contributed by atoms with Gasteiger partial charge in [0, 0.05) is 18.4 Å². The van der Waals surface area contributed by atoms with Gasteiger partial charge in [0.2, 0.25) is 0 Å². The molecular weight excluding hydrogens is 188 g/mol. The number of thioether (sulfide) groups is 1. The van der Waals surface area contributed by atoms with Crippen molar-refractivity contribution in [2.75, 3.05) is 24.7 Å². The highest BCUT2D eigenvalue weighted by Crippen LogP contribution is 2.01. The van der Waals surface area contributed by atoms with Crippen molar-refractivity contribution in [2.45, 2.75) is 13.3 Å². The van der Waals surface area contributed by atoms with Crippen LogP contribution in [0.3, 0.4) is 0 Å². The molecule has 0 aromatic carbocycles. The highest BCUT2D eigenvalue weighted by atomic mass is 32.2. The van der Waals surface area contributed by atoms with Crippen molar-refractivity contribution in [1.82, 2.24) is 0 Å². The second kappa shape index (κ2) is 9.61. The summed E-state index contributed by atoms with van der Waals surface area (Å²) in [6, 6.07) is 0. The number of rotatable bonds is 7.